The predicted molar refractivity (Wildman–Crippen MR) is 104 cm³/mol. The van der Waals surface area contributed by atoms with Crippen molar-refractivity contribution in [1.29, 1.82) is 0 Å². The second-order valence-corrected chi connectivity index (χ2v) is 7.64. The number of aromatic nitrogens is 1. The maximum absolute atomic E-state index is 13.8. The molecule has 2 aromatic carbocycles. The number of methoxy groups -OCH3 is 1. The van der Waals surface area contributed by atoms with Gasteiger partial charge in [-0.15, -0.1) is 11.3 Å². The average molecular weight is 385 g/mol. The van der Waals surface area contributed by atoms with E-state index in [1.165, 1.54) is 23.5 Å². The number of nitrogens with zero attached hydrogens (tertiary/aromatic N) is 1. The average Bonchev–Trinajstić information content (AvgIpc) is 3.07. The molecule has 3 rings (SSSR count). The van der Waals surface area contributed by atoms with Crippen molar-refractivity contribution in [2.45, 2.75) is 26.2 Å². The van der Waals surface area contributed by atoms with Crippen LogP contribution in [0.3, 0.4) is 0 Å². The van der Waals surface area contributed by atoms with E-state index in [4.69, 9.17) is 4.74 Å². The van der Waals surface area contributed by atoms with Crippen LogP contribution in [0.2, 0.25) is 0 Å². The highest BCUT2D eigenvalue weighted by Crippen LogP contribution is 2.39. The maximum Gasteiger partial charge on any atom is 0.304 e. The minimum Gasteiger partial charge on any atom is -0.496 e. The lowest BCUT2D eigenvalue weighted by Gasteiger charge is -2.18. The van der Waals surface area contributed by atoms with E-state index in [0.29, 0.717) is 5.75 Å². The van der Waals surface area contributed by atoms with Crippen LogP contribution in [-0.4, -0.2) is 23.2 Å². The van der Waals surface area contributed by atoms with Crippen LogP contribution >= 0.6 is 11.3 Å². The molecule has 140 valence electrons. The number of carboxylic acid groups (broad SMARTS) is 1. The summed E-state index contributed by atoms with van der Waals surface area (Å²) in [5.74, 6) is -1.08. The zero-order valence-electron chi connectivity index (χ0n) is 15.3. The van der Waals surface area contributed by atoms with Gasteiger partial charge >= 0.3 is 5.97 Å². The molecule has 1 atom stereocenters. The lowest BCUT2D eigenvalue weighted by atomic mass is 9.91. The van der Waals surface area contributed by atoms with Crippen LogP contribution in [0.1, 0.15) is 33.4 Å². The fourth-order valence-corrected chi connectivity index (χ4v) is 4.01. The Morgan fingerprint density at radius 3 is 2.67 bits per heavy atom. The van der Waals surface area contributed by atoms with Gasteiger partial charge in [0.1, 0.15) is 16.6 Å². The summed E-state index contributed by atoms with van der Waals surface area (Å²) in [6.07, 6.45) is 1.64. The third-order valence-electron chi connectivity index (χ3n) is 4.43. The first-order valence-electron chi connectivity index (χ1n) is 8.47. The van der Waals surface area contributed by atoms with Crippen LogP contribution in [0.4, 0.5) is 4.39 Å². The van der Waals surface area contributed by atoms with Crippen LogP contribution in [0.25, 0.3) is 11.1 Å². The van der Waals surface area contributed by atoms with Crippen LogP contribution < -0.4 is 4.74 Å². The molecular formula is C21H20FNO3S. The second-order valence-electron chi connectivity index (χ2n) is 6.38. The number of ether oxygens (including phenoxy) is 1. The first kappa shape index (κ1) is 19.0. The highest BCUT2D eigenvalue weighted by molar-refractivity contribution is 7.11. The standard InChI is InChI=1S/C21H20FNO3S/c1-12-4-6-15(22)9-16(12)14-5-7-19(26-3)17(8-14)18(10-20(24)25)21-23-11-13(2)27-21/h4-9,11,18H,10H2,1-3H3,(H,24,25). The summed E-state index contributed by atoms with van der Waals surface area (Å²) in [6.45, 7) is 3.85. The van der Waals surface area contributed by atoms with Gasteiger partial charge in [0.2, 0.25) is 0 Å². The number of hydrogen-bond donors (Lipinski definition) is 1. The van der Waals surface area contributed by atoms with E-state index in [9.17, 15) is 14.3 Å². The van der Waals surface area contributed by atoms with E-state index in [2.05, 4.69) is 4.98 Å². The topological polar surface area (TPSA) is 59.4 Å². The van der Waals surface area contributed by atoms with Crippen LogP contribution in [0.5, 0.6) is 5.75 Å². The Kier molecular flexibility index (Phi) is 5.56. The molecule has 0 saturated heterocycles. The van der Waals surface area contributed by atoms with Gasteiger partial charge in [0.15, 0.2) is 0 Å². The van der Waals surface area contributed by atoms with E-state index in [1.807, 2.05) is 26.0 Å². The minimum absolute atomic E-state index is 0.102. The molecule has 0 radical (unpaired) electrons. The van der Waals surface area contributed by atoms with Crippen molar-refractivity contribution < 1.29 is 19.0 Å². The Hall–Kier alpha value is -2.73. The number of carbonyl (C=O) groups is 1. The number of aryl methyl sites for hydroxylation is 2. The quantitative estimate of drug-likeness (QED) is 0.635. The Balaban J connectivity index is 2.16. The third kappa shape index (κ3) is 4.17. The van der Waals surface area contributed by atoms with Gasteiger partial charge in [-0.2, -0.15) is 0 Å². The van der Waals surface area contributed by atoms with Gasteiger partial charge in [-0.1, -0.05) is 12.1 Å². The van der Waals surface area contributed by atoms with Crippen molar-refractivity contribution in [1.82, 2.24) is 4.98 Å². The maximum atomic E-state index is 13.8. The summed E-state index contributed by atoms with van der Waals surface area (Å²) in [6, 6.07) is 10.2. The first-order chi connectivity index (χ1) is 12.9. The number of thiazole rings is 1. The van der Waals surface area contributed by atoms with Crippen molar-refractivity contribution in [3.05, 3.63) is 69.4 Å². The van der Waals surface area contributed by atoms with Crippen molar-refractivity contribution in [3.8, 4) is 16.9 Å². The summed E-state index contributed by atoms with van der Waals surface area (Å²) in [5.41, 5.74) is 3.25. The van der Waals surface area contributed by atoms with Gasteiger partial charge in [0.05, 0.1) is 19.4 Å². The van der Waals surface area contributed by atoms with Crippen LogP contribution in [-0.2, 0) is 4.79 Å². The molecule has 1 N–H and O–H groups in total. The van der Waals surface area contributed by atoms with Gasteiger partial charge in [-0.25, -0.2) is 9.37 Å². The van der Waals surface area contributed by atoms with Crippen LogP contribution in [0.15, 0.2) is 42.6 Å². The Bertz CT molecular complexity index is 983. The molecule has 0 aliphatic rings. The van der Waals surface area contributed by atoms with Gasteiger partial charge in [0, 0.05) is 16.6 Å². The normalized spacial score (nSPS) is 12.0. The Labute approximate surface area is 161 Å². The molecule has 0 saturated carbocycles. The molecule has 0 aliphatic heterocycles. The lowest BCUT2D eigenvalue weighted by molar-refractivity contribution is -0.137. The number of halogens is 1. The smallest absolute Gasteiger partial charge is 0.304 e. The predicted octanol–water partition coefficient (Wildman–Crippen LogP) is 5.18. The fraction of sp³-hybridized carbons (Fsp3) is 0.238. The van der Waals surface area contributed by atoms with Crippen molar-refractivity contribution >= 4 is 17.3 Å². The monoisotopic (exact) mass is 385 g/mol. The molecule has 0 aliphatic carbocycles. The van der Waals surface area contributed by atoms with Crippen molar-refractivity contribution in [2.24, 2.45) is 0 Å². The van der Waals surface area contributed by atoms with Crippen molar-refractivity contribution in [2.75, 3.05) is 7.11 Å². The summed E-state index contributed by atoms with van der Waals surface area (Å²) in [7, 11) is 1.55. The molecule has 27 heavy (non-hydrogen) atoms. The second kappa shape index (κ2) is 7.88. The summed E-state index contributed by atoms with van der Waals surface area (Å²) >= 11 is 1.47. The zero-order valence-corrected chi connectivity index (χ0v) is 16.1. The molecular weight excluding hydrogens is 365 g/mol. The van der Waals surface area contributed by atoms with Gasteiger partial charge < -0.3 is 9.84 Å². The van der Waals surface area contributed by atoms with Gasteiger partial charge in [0.25, 0.3) is 0 Å². The largest absolute Gasteiger partial charge is 0.496 e. The lowest BCUT2D eigenvalue weighted by Crippen LogP contribution is -2.09. The molecule has 1 heterocycles. The summed E-state index contributed by atoms with van der Waals surface area (Å²) < 4.78 is 19.3. The van der Waals surface area contributed by atoms with E-state index in [0.717, 1.165) is 32.1 Å². The first-order valence-corrected chi connectivity index (χ1v) is 9.29. The SMILES string of the molecule is COc1ccc(-c2cc(F)ccc2C)cc1C(CC(=O)O)c1ncc(C)s1. The molecule has 0 fully saturated rings. The third-order valence-corrected chi connectivity index (χ3v) is 5.46. The van der Waals surface area contributed by atoms with E-state index in [-0.39, 0.29) is 12.2 Å². The number of benzene rings is 2. The molecule has 0 amide bonds. The highest BCUT2D eigenvalue weighted by Gasteiger charge is 2.25. The Morgan fingerprint density at radius 1 is 1.26 bits per heavy atom. The number of aliphatic carboxylic acids is 1. The zero-order chi connectivity index (χ0) is 19.6. The number of hydrogen-bond acceptors (Lipinski definition) is 4. The highest BCUT2D eigenvalue weighted by atomic mass is 32.1. The summed E-state index contributed by atoms with van der Waals surface area (Å²) in [5, 5.41) is 10.2. The Morgan fingerprint density at radius 2 is 2.04 bits per heavy atom. The summed E-state index contributed by atoms with van der Waals surface area (Å²) in [4.78, 5) is 16.9. The number of carboxylic acids is 1. The molecule has 0 bridgehead atoms. The minimum atomic E-state index is -0.915. The van der Waals surface area contributed by atoms with E-state index < -0.39 is 11.9 Å². The van der Waals surface area contributed by atoms with E-state index >= 15 is 0 Å². The molecule has 1 aromatic heterocycles. The molecule has 1 unspecified atom stereocenters. The van der Waals surface area contributed by atoms with E-state index in [1.54, 1.807) is 25.4 Å². The molecule has 4 nitrogen and oxygen atoms in total. The van der Waals surface area contributed by atoms with Crippen molar-refractivity contribution in [3.63, 3.8) is 0 Å². The fourth-order valence-electron chi connectivity index (χ4n) is 3.12. The van der Waals surface area contributed by atoms with Gasteiger partial charge in [-0.3, -0.25) is 4.79 Å². The van der Waals surface area contributed by atoms with Crippen LogP contribution in [0, 0.1) is 19.7 Å². The van der Waals surface area contributed by atoms with Gasteiger partial charge in [-0.05, 0) is 54.8 Å². The molecule has 3 aromatic rings. The number of rotatable bonds is 6. The molecule has 6 heteroatoms. The molecule has 0 spiro atoms.